The molecule has 2 aliphatic heterocycles. The van der Waals surface area contributed by atoms with Gasteiger partial charge in [-0.1, -0.05) is 13.8 Å². The lowest BCUT2D eigenvalue weighted by Gasteiger charge is -2.43. The quantitative estimate of drug-likeness (QED) is 0.813. The largest absolute Gasteiger partial charge is 0.375 e. The number of thioether (sulfide) groups is 1. The van der Waals surface area contributed by atoms with Crippen LogP contribution in [0.3, 0.4) is 0 Å². The Labute approximate surface area is 126 Å². The first-order valence-electron chi connectivity index (χ1n) is 7.81. The number of hydrogen-bond acceptors (Lipinski definition) is 4. The fraction of sp³-hybridized carbons (Fsp3) is 0.933. The summed E-state index contributed by atoms with van der Waals surface area (Å²) in [4.78, 5) is 11.7. The highest BCUT2D eigenvalue weighted by Gasteiger charge is 2.38. The van der Waals surface area contributed by atoms with Gasteiger partial charge in [0, 0.05) is 19.2 Å². The Morgan fingerprint density at radius 3 is 2.85 bits per heavy atom. The van der Waals surface area contributed by atoms with Gasteiger partial charge >= 0.3 is 0 Å². The van der Waals surface area contributed by atoms with Crippen LogP contribution < -0.4 is 10.6 Å². The third-order valence-corrected chi connectivity index (χ3v) is 5.14. The first-order valence-corrected chi connectivity index (χ1v) is 8.97. The Balaban J connectivity index is 1.71. The molecule has 5 heteroatoms. The highest BCUT2D eigenvalue weighted by molar-refractivity contribution is 7.99. The summed E-state index contributed by atoms with van der Waals surface area (Å²) >= 11 is 2.03. The number of nitrogens with one attached hydrogen (secondary N) is 2. The molecule has 2 fully saturated rings. The van der Waals surface area contributed by atoms with E-state index in [0.29, 0.717) is 18.5 Å². The third kappa shape index (κ3) is 4.93. The summed E-state index contributed by atoms with van der Waals surface area (Å²) in [7, 11) is 0. The van der Waals surface area contributed by atoms with Crippen molar-refractivity contribution in [1.82, 2.24) is 10.6 Å². The van der Waals surface area contributed by atoms with Gasteiger partial charge in [0.25, 0.3) is 0 Å². The molecule has 2 heterocycles. The van der Waals surface area contributed by atoms with Crippen molar-refractivity contribution in [3.8, 4) is 0 Å². The molecule has 2 aliphatic rings. The van der Waals surface area contributed by atoms with Gasteiger partial charge in [0.05, 0.1) is 12.1 Å². The molecule has 2 rings (SSSR count). The Kier molecular flexibility index (Phi) is 6.18. The number of amides is 1. The number of ether oxygens (including phenoxy) is 1. The molecule has 0 aromatic rings. The zero-order valence-electron chi connectivity index (χ0n) is 12.7. The van der Waals surface area contributed by atoms with E-state index < -0.39 is 0 Å². The average molecular weight is 300 g/mol. The van der Waals surface area contributed by atoms with Crippen LogP contribution in [0.1, 0.15) is 39.5 Å². The molecule has 0 aromatic carbocycles. The fourth-order valence-corrected chi connectivity index (χ4v) is 4.15. The first kappa shape index (κ1) is 16.1. The minimum absolute atomic E-state index is 0.0928. The van der Waals surface area contributed by atoms with Crippen molar-refractivity contribution in [2.45, 2.75) is 51.2 Å². The van der Waals surface area contributed by atoms with Gasteiger partial charge in [-0.15, -0.1) is 0 Å². The van der Waals surface area contributed by atoms with E-state index in [1.54, 1.807) is 0 Å². The van der Waals surface area contributed by atoms with Crippen molar-refractivity contribution in [1.29, 1.82) is 0 Å². The lowest BCUT2D eigenvalue weighted by molar-refractivity contribution is -0.121. The van der Waals surface area contributed by atoms with Crippen LogP contribution in [0.15, 0.2) is 0 Å². The maximum atomic E-state index is 11.7. The highest BCUT2D eigenvalue weighted by Crippen LogP contribution is 2.37. The van der Waals surface area contributed by atoms with Crippen molar-refractivity contribution >= 4 is 17.7 Å². The molecule has 1 spiro atoms. The molecule has 2 saturated heterocycles. The number of carbonyl (C=O) groups excluding carboxylic acids is 1. The molecule has 0 bridgehead atoms. The zero-order valence-corrected chi connectivity index (χ0v) is 13.6. The van der Waals surface area contributed by atoms with Crippen molar-refractivity contribution < 1.29 is 9.53 Å². The van der Waals surface area contributed by atoms with Crippen molar-refractivity contribution in [3.63, 3.8) is 0 Å². The standard InChI is InChI=1S/C15H28N2O2S/c1-12(2)10-17-14(18)11-16-13-3-6-19-15(9-13)4-7-20-8-5-15/h12-13,16H,3-11H2,1-2H3,(H,17,18). The Morgan fingerprint density at radius 2 is 2.15 bits per heavy atom. The second-order valence-electron chi connectivity index (χ2n) is 6.41. The Bertz CT molecular complexity index is 311. The molecule has 0 saturated carbocycles. The Hall–Kier alpha value is -0.260. The second kappa shape index (κ2) is 7.66. The van der Waals surface area contributed by atoms with E-state index in [4.69, 9.17) is 4.74 Å². The van der Waals surface area contributed by atoms with Crippen LogP contribution in [0.2, 0.25) is 0 Å². The summed E-state index contributed by atoms with van der Waals surface area (Å²) in [5, 5.41) is 6.37. The van der Waals surface area contributed by atoms with Gasteiger partial charge in [-0.05, 0) is 43.1 Å². The second-order valence-corrected chi connectivity index (χ2v) is 7.64. The van der Waals surface area contributed by atoms with Crippen LogP contribution in [0.4, 0.5) is 0 Å². The van der Waals surface area contributed by atoms with E-state index >= 15 is 0 Å². The maximum Gasteiger partial charge on any atom is 0.233 e. The maximum absolute atomic E-state index is 11.7. The van der Waals surface area contributed by atoms with Crippen molar-refractivity contribution in [2.24, 2.45) is 5.92 Å². The van der Waals surface area contributed by atoms with Gasteiger partial charge in [-0.25, -0.2) is 0 Å². The molecule has 2 N–H and O–H groups in total. The van der Waals surface area contributed by atoms with E-state index in [-0.39, 0.29) is 11.5 Å². The molecule has 0 aromatic heterocycles. The third-order valence-electron chi connectivity index (χ3n) is 4.16. The molecule has 1 amide bonds. The predicted octanol–water partition coefficient (Wildman–Crippen LogP) is 1.79. The summed E-state index contributed by atoms with van der Waals surface area (Å²) in [6, 6.07) is 0.427. The lowest BCUT2D eigenvalue weighted by atomic mass is 9.85. The van der Waals surface area contributed by atoms with Crippen LogP contribution in [-0.2, 0) is 9.53 Å². The van der Waals surface area contributed by atoms with Crippen molar-refractivity contribution in [3.05, 3.63) is 0 Å². The first-order chi connectivity index (χ1) is 9.60. The minimum Gasteiger partial charge on any atom is -0.375 e. The fourth-order valence-electron chi connectivity index (χ4n) is 2.91. The summed E-state index contributed by atoms with van der Waals surface area (Å²) in [5.41, 5.74) is 0.0928. The molecule has 20 heavy (non-hydrogen) atoms. The predicted molar refractivity (Wildman–Crippen MR) is 84.1 cm³/mol. The van der Waals surface area contributed by atoms with E-state index in [1.165, 1.54) is 11.5 Å². The van der Waals surface area contributed by atoms with Crippen LogP contribution in [0.25, 0.3) is 0 Å². The zero-order chi connectivity index (χ0) is 14.4. The summed E-state index contributed by atoms with van der Waals surface area (Å²) < 4.78 is 6.07. The molecule has 4 nitrogen and oxygen atoms in total. The summed E-state index contributed by atoms with van der Waals surface area (Å²) in [6.45, 7) is 6.24. The number of rotatable bonds is 5. The average Bonchev–Trinajstić information content (AvgIpc) is 2.44. The van der Waals surface area contributed by atoms with E-state index in [2.05, 4.69) is 24.5 Å². The van der Waals surface area contributed by atoms with Crippen LogP contribution in [0.5, 0.6) is 0 Å². The van der Waals surface area contributed by atoms with Crippen LogP contribution in [0, 0.1) is 5.92 Å². The molecule has 1 atom stereocenters. The summed E-state index contributed by atoms with van der Waals surface area (Å²) in [6.07, 6.45) is 4.40. The molecule has 0 radical (unpaired) electrons. The van der Waals surface area contributed by atoms with Gasteiger partial charge in [0.1, 0.15) is 0 Å². The van der Waals surface area contributed by atoms with Gasteiger partial charge < -0.3 is 15.4 Å². The van der Waals surface area contributed by atoms with Gasteiger partial charge in [-0.2, -0.15) is 11.8 Å². The number of carbonyl (C=O) groups is 1. The SMILES string of the molecule is CC(C)CNC(=O)CNC1CCOC2(CCSCC2)C1. The van der Waals surface area contributed by atoms with E-state index in [9.17, 15) is 4.79 Å². The van der Waals surface area contributed by atoms with Crippen molar-refractivity contribution in [2.75, 3.05) is 31.2 Å². The summed E-state index contributed by atoms with van der Waals surface area (Å²) in [5.74, 6) is 3.03. The number of hydrogen-bond donors (Lipinski definition) is 2. The van der Waals surface area contributed by atoms with Crippen LogP contribution >= 0.6 is 11.8 Å². The monoisotopic (exact) mass is 300 g/mol. The normalized spacial score (nSPS) is 25.9. The van der Waals surface area contributed by atoms with Gasteiger partial charge in [0.2, 0.25) is 5.91 Å². The highest BCUT2D eigenvalue weighted by atomic mass is 32.2. The topological polar surface area (TPSA) is 50.4 Å². The molecular weight excluding hydrogens is 272 g/mol. The molecule has 116 valence electrons. The van der Waals surface area contributed by atoms with Gasteiger partial charge in [-0.3, -0.25) is 4.79 Å². The van der Waals surface area contributed by atoms with E-state index in [1.807, 2.05) is 11.8 Å². The molecule has 0 aliphatic carbocycles. The van der Waals surface area contributed by atoms with E-state index in [0.717, 1.165) is 38.8 Å². The smallest absolute Gasteiger partial charge is 0.233 e. The lowest BCUT2D eigenvalue weighted by Crippen LogP contribution is -2.50. The molecular formula is C15H28N2O2S. The molecule has 1 unspecified atom stereocenters. The van der Waals surface area contributed by atoms with Gasteiger partial charge in [0.15, 0.2) is 0 Å². The van der Waals surface area contributed by atoms with Crippen LogP contribution in [-0.4, -0.2) is 48.8 Å². The Morgan fingerprint density at radius 1 is 1.40 bits per heavy atom. The minimum atomic E-state index is 0.0928.